The van der Waals surface area contributed by atoms with Gasteiger partial charge in [0.1, 0.15) is 0 Å². The molecule has 0 fully saturated rings. The fourth-order valence-electron chi connectivity index (χ4n) is 13.5. The molecule has 6 aromatic heterocycles. The first-order valence-corrected chi connectivity index (χ1v) is 30.6. The summed E-state index contributed by atoms with van der Waals surface area (Å²) in [6, 6.07) is 89.7. The Morgan fingerprint density at radius 2 is 0.660 bits per heavy atom. The van der Waals surface area contributed by atoms with E-state index < -0.39 is 11.7 Å². The Hall–Kier alpha value is -12.8. The molecular weight excluding hydrogens is 1170 g/mol. The van der Waals surface area contributed by atoms with Crippen LogP contribution in [0.1, 0.15) is 11.1 Å². The molecule has 0 aliphatic heterocycles. The van der Waals surface area contributed by atoms with Crippen molar-refractivity contribution in [2.45, 2.75) is 6.18 Å². The lowest BCUT2D eigenvalue weighted by Crippen LogP contribution is -2.11. The third-order valence-electron chi connectivity index (χ3n) is 17.6. The summed E-state index contributed by atoms with van der Waals surface area (Å²) in [5.74, 6) is 0. The molecule has 11 heteroatoms. The Morgan fingerprint density at radius 3 is 0.947 bits per heavy atom. The second-order valence-corrected chi connectivity index (χ2v) is 23.0. The van der Waals surface area contributed by atoms with E-state index in [-0.39, 0.29) is 33.8 Å². The molecule has 0 saturated heterocycles. The summed E-state index contributed by atoms with van der Waals surface area (Å²) in [7, 11) is 0. The van der Waals surface area contributed by atoms with Gasteiger partial charge in [0, 0.05) is 102 Å². The van der Waals surface area contributed by atoms with Crippen LogP contribution in [0.5, 0.6) is 0 Å². The van der Waals surface area contributed by atoms with E-state index in [2.05, 4.69) is 35.2 Å². The summed E-state index contributed by atoms with van der Waals surface area (Å²) in [4.78, 5) is 23.5. The van der Waals surface area contributed by atoms with Gasteiger partial charge in [0.25, 0.3) is 0 Å². The number of nitrogens with zero attached hydrogens (tertiary/aromatic N) is 8. The zero-order valence-corrected chi connectivity index (χ0v) is 50.0. The minimum absolute atomic E-state index is 0.0892. The molecule has 0 atom stereocenters. The van der Waals surface area contributed by atoms with Gasteiger partial charge in [-0.15, -0.1) is 0 Å². The van der Waals surface area contributed by atoms with Crippen LogP contribution in [0, 0.1) is 17.9 Å². The van der Waals surface area contributed by atoms with Crippen LogP contribution >= 0.6 is 0 Å². The lowest BCUT2D eigenvalue weighted by Gasteiger charge is -2.24. The lowest BCUT2D eigenvalue weighted by molar-refractivity contribution is -0.137. The summed E-state index contributed by atoms with van der Waals surface area (Å²) in [6.07, 6.45) is 2.15. The maximum atomic E-state index is 16.4. The fourth-order valence-corrected chi connectivity index (χ4v) is 13.5. The summed E-state index contributed by atoms with van der Waals surface area (Å²) in [6.45, 7) is 8.74. The number of aromatic nitrogens is 6. The van der Waals surface area contributed by atoms with Crippen molar-refractivity contribution < 1.29 is 13.2 Å². The molecule has 0 aliphatic carbocycles. The lowest BCUT2D eigenvalue weighted by atomic mass is 9.92. The Morgan fingerprint density at radius 1 is 0.340 bits per heavy atom. The van der Waals surface area contributed by atoms with Gasteiger partial charge in [-0.05, 0) is 107 Å². The molecule has 16 aromatic rings. The van der Waals surface area contributed by atoms with Gasteiger partial charge in [0.15, 0.2) is 5.69 Å². The van der Waals surface area contributed by atoms with Gasteiger partial charge in [-0.3, -0.25) is 19.9 Å². The molecule has 0 bridgehead atoms. The van der Waals surface area contributed by atoms with Crippen LogP contribution in [0.25, 0.3) is 160 Å². The Kier molecular flexibility index (Phi) is 13.9. The molecule has 94 heavy (non-hydrogen) atoms. The molecule has 0 spiro atoms. The van der Waals surface area contributed by atoms with E-state index in [1.165, 1.54) is 12.1 Å². The summed E-state index contributed by atoms with van der Waals surface area (Å²) in [5.41, 5.74) is 15.5. The van der Waals surface area contributed by atoms with Crippen molar-refractivity contribution >= 4 is 49.3 Å². The van der Waals surface area contributed by atoms with Crippen molar-refractivity contribution in [2.24, 2.45) is 0 Å². The second kappa shape index (κ2) is 23.2. The number of halogens is 3. The fraction of sp³-hybridized carbons (Fsp3) is 0.0120. The van der Waals surface area contributed by atoms with E-state index in [1.54, 1.807) is 36.9 Å². The minimum Gasteiger partial charge on any atom is -0.309 e. The maximum Gasteiger partial charge on any atom is 0.415 e. The van der Waals surface area contributed by atoms with Crippen LogP contribution in [0.15, 0.2) is 298 Å². The molecule has 16 rings (SSSR count). The van der Waals surface area contributed by atoms with Crippen LogP contribution in [-0.4, -0.2) is 29.1 Å². The van der Waals surface area contributed by atoms with Crippen LogP contribution < -0.4 is 0 Å². The number of hydrogen-bond acceptors (Lipinski definition) is 5. The number of pyridine rings is 4. The molecule has 10 aromatic carbocycles. The first-order valence-electron chi connectivity index (χ1n) is 30.6. The van der Waals surface area contributed by atoms with Crippen LogP contribution in [0.4, 0.5) is 18.9 Å². The first-order chi connectivity index (χ1) is 46.2. The largest absolute Gasteiger partial charge is 0.415 e. The molecule has 0 saturated carbocycles. The smallest absolute Gasteiger partial charge is 0.309 e. The third-order valence-corrected chi connectivity index (χ3v) is 17.6. The van der Waals surface area contributed by atoms with Crippen molar-refractivity contribution in [1.82, 2.24) is 29.1 Å². The van der Waals surface area contributed by atoms with Gasteiger partial charge in [0.05, 0.1) is 80.0 Å². The number of benzene rings is 10. The van der Waals surface area contributed by atoms with Crippen molar-refractivity contribution in [1.29, 1.82) is 5.26 Å². The second-order valence-electron chi connectivity index (χ2n) is 23.0. The highest BCUT2D eigenvalue weighted by atomic mass is 19.4. The molecule has 6 heterocycles. The van der Waals surface area contributed by atoms with Crippen LogP contribution in [-0.2, 0) is 6.18 Å². The third kappa shape index (κ3) is 9.71. The number of nitriles is 1. The molecule has 442 valence electrons. The van der Waals surface area contributed by atoms with Gasteiger partial charge in [0.2, 0.25) is 0 Å². The Labute approximate surface area is 538 Å². The van der Waals surface area contributed by atoms with Crippen molar-refractivity contribution in [2.75, 3.05) is 0 Å². The number of fused-ring (bicyclic) bond motifs is 6. The van der Waals surface area contributed by atoms with Crippen molar-refractivity contribution in [3.8, 4) is 118 Å². The first kappa shape index (κ1) is 56.4. The van der Waals surface area contributed by atoms with Gasteiger partial charge < -0.3 is 9.13 Å². The summed E-state index contributed by atoms with van der Waals surface area (Å²) >= 11 is 0. The summed E-state index contributed by atoms with van der Waals surface area (Å²) < 4.78 is 53.2. The average Bonchev–Trinajstić information content (AvgIpc) is 1.49. The van der Waals surface area contributed by atoms with E-state index in [9.17, 15) is 5.26 Å². The Balaban J connectivity index is 1.03. The number of rotatable bonds is 11. The molecule has 0 N–H and O–H groups in total. The average molecular weight is 1220 g/mol. The van der Waals surface area contributed by atoms with Crippen LogP contribution in [0.3, 0.4) is 0 Å². The van der Waals surface area contributed by atoms with E-state index in [0.29, 0.717) is 22.1 Å². The zero-order chi connectivity index (χ0) is 63.4. The zero-order valence-electron chi connectivity index (χ0n) is 50.0. The van der Waals surface area contributed by atoms with Crippen molar-refractivity contribution in [3.63, 3.8) is 0 Å². The highest BCUT2D eigenvalue weighted by molar-refractivity contribution is 6.15. The quantitative estimate of drug-likeness (QED) is 0.120. The van der Waals surface area contributed by atoms with Crippen molar-refractivity contribution in [3.05, 3.63) is 320 Å². The van der Waals surface area contributed by atoms with Gasteiger partial charge in [-0.25, -0.2) is 4.85 Å². The predicted octanol–water partition coefficient (Wildman–Crippen LogP) is 21.9. The van der Waals surface area contributed by atoms with Gasteiger partial charge in [-0.2, -0.15) is 18.4 Å². The monoisotopic (exact) mass is 1210 g/mol. The SMILES string of the molecule is [C-]#[N+]c1cccc(C(F)(F)F)c1-c1c(-n2c3ccc(-c4cccnc4-c4ccccc4)cc3c3cc(-c4cccnc4-c4ccccc4)ccc32)cc(C#N)cc1-n1c2ccc(-c3cccnc3-c3ccccc3)cc2c2cc(-c3cccnc3-c3ccccc3)ccc21. The van der Waals surface area contributed by atoms with E-state index in [0.717, 1.165) is 117 Å². The number of alkyl halides is 3. The maximum absolute atomic E-state index is 16.4. The molecule has 0 radical (unpaired) electrons. The summed E-state index contributed by atoms with van der Waals surface area (Å²) in [5, 5.41) is 14.6. The molecule has 8 nitrogen and oxygen atoms in total. The Bertz CT molecular complexity index is 5160. The predicted molar refractivity (Wildman–Crippen MR) is 371 cm³/mol. The van der Waals surface area contributed by atoms with E-state index in [4.69, 9.17) is 26.5 Å². The van der Waals surface area contributed by atoms with Gasteiger partial charge in [-0.1, -0.05) is 188 Å². The highest BCUT2D eigenvalue weighted by Gasteiger charge is 2.37. The highest BCUT2D eigenvalue weighted by Crippen LogP contribution is 2.51. The molecule has 0 aliphatic rings. The normalized spacial score (nSPS) is 11.5. The number of hydrogen-bond donors (Lipinski definition) is 0. The minimum atomic E-state index is -4.95. The molecule has 0 amide bonds. The van der Waals surface area contributed by atoms with Gasteiger partial charge >= 0.3 is 6.18 Å². The van der Waals surface area contributed by atoms with E-state index in [1.807, 2.05) is 228 Å². The standard InChI is InChI=1S/C83H49F3N8/c1-88-70-32-14-31-69(83(84,85)86)77(70)78-75(93-71-37-33-57(61-27-15-41-89-79(61)53-19-6-2-7-20-53)47-65(71)66-48-58(34-38-72(66)93)62-28-16-42-90-80(62)54-21-8-3-9-22-54)45-52(51-87)46-76(78)94-73-39-35-59(63-29-17-43-91-81(63)55-23-10-4-11-24-55)49-67(73)68-50-60(36-40-74(68)94)64-30-18-44-92-82(64)56-25-12-5-13-26-56/h2-50H. The topological polar surface area (TPSA) is 89.6 Å². The van der Waals surface area contributed by atoms with Crippen LogP contribution in [0.2, 0.25) is 0 Å². The molecular formula is C83H49F3N8. The molecule has 0 unspecified atom stereocenters. The van der Waals surface area contributed by atoms with E-state index >= 15 is 13.2 Å².